The summed E-state index contributed by atoms with van der Waals surface area (Å²) in [6.07, 6.45) is 2.71. The first-order valence-electron chi connectivity index (χ1n) is 6.40. The van der Waals surface area contributed by atoms with E-state index in [2.05, 4.69) is 48.3 Å². The summed E-state index contributed by atoms with van der Waals surface area (Å²) in [5, 5.41) is 3.56. The molecule has 1 aromatic carbocycles. The molecule has 0 heterocycles. The minimum absolute atomic E-state index is 0.789. The summed E-state index contributed by atoms with van der Waals surface area (Å²) in [5.74, 6) is 0. The molecule has 0 aliphatic heterocycles. The lowest BCUT2D eigenvalue weighted by molar-refractivity contribution is 0.687. The van der Waals surface area contributed by atoms with Gasteiger partial charge in [-0.1, -0.05) is 12.1 Å². The second-order valence-electron chi connectivity index (χ2n) is 4.50. The van der Waals surface area contributed by atoms with Crippen LogP contribution in [0.1, 0.15) is 32.3 Å². The van der Waals surface area contributed by atoms with Crippen molar-refractivity contribution in [2.45, 2.75) is 39.3 Å². The largest absolute Gasteiger partial charge is 0.372 e. The van der Waals surface area contributed by atoms with Gasteiger partial charge >= 0.3 is 0 Å². The minimum atomic E-state index is 0.789. The van der Waals surface area contributed by atoms with Gasteiger partial charge in [-0.25, -0.2) is 0 Å². The van der Waals surface area contributed by atoms with Crippen molar-refractivity contribution in [1.82, 2.24) is 5.32 Å². The third kappa shape index (κ3) is 2.99. The van der Waals surface area contributed by atoms with E-state index in [1.54, 1.807) is 0 Å². The number of rotatable bonds is 6. The maximum absolute atomic E-state index is 3.56. The normalized spacial score (nSPS) is 15.1. The van der Waals surface area contributed by atoms with E-state index >= 15 is 0 Å². The quantitative estimate of drug-likeness (QED) is 0.790. The zero-order valence-corrected chi connectivity index (χ0v) is 10.4. The molecule has 16 heavy (non-hydrogen) atoms. The zero-order chi connectivity index (χ0) is 11.4. The van der Waals surface area contributed by atoms with Gasteiger partial charge in [0, 0.05) is 31.4 Å². The molecule has 1 N–H and O–H groups in total. The molecular weight excluding hydrogens is 196 g/mol. The van der Waals surface area contributed by atoms with E-state index in [0.717, 1.165) is 25.7 Å². The van der Waals surface area contributed by atoms with Gasteiger partial charge in [-0.05, 0) is 44.4 Å². The van der Waals surface area contributed by atoms with Crippen LogP contribution in [0.25, 0.3) is 0 Å². The van der Waals surface area contributed by atoms with Gasteiger partial charge in [-0.15, -0.1) is 0 Å². The number of nitrogens with one attached hydrogen (secondary N) is 1. The fraction of sp³-hybridized carbons (Fsp3) is 0.571. The van der Waals surface area contributed by atoms with E-state index in [1.165, 1.54) is 24.1 Å². The molecule has 0 radical (unpaired) electrons. The zero-order valence-electron chi connectivity index (χ0n) is 10.4. The van der Waals surface area contributed by atoms with Crippen LogP contribution in [0.15, 0.2) is 24.3 Å². The van der Waals surface area contributed by atoms with Crippen molar-refractivity contribution in [2.24, 2.45) is 0 Å². The van der Waals surface area contributed by atoms with E-state index < -0.39 is 0 Å². The first-order valence-corrected chi connectivity index (χ1v) is 6.40. The van der Waals surface area contributed by atoms with E-state index in [4.69, 9.17) is 0 Å². The number of hydrogen-bond acceptors (Lipinski definition) is 2. The van der Waals surface area contributed by atoms with Gasteiger partial charge in [-0.3, -0.25) is 0 Å². The molecule has 0 spiro atoms. The Hall–Kier alpha value is -1.02. The van der Waals surface area contributed by atoms with Crippen molar-refractivity contribution < 1.29 is 0 Å². The molecule has 2 rings (SSSR count). The molecule has 0 aromatic heterocycles. The van der Waals surface area contributed by atoms with Crippen LogP contribution in [0.5, 0.6) is 0 Å². The SMILES string of the molecule is CCN(CC)c1cccc(CNC2CC2)c1. The molecule has 1 saturated carbocycles. The Kier molecular flexibility index (Phi) is 3.83. The Balaban J connectivity index is 1.99. The summed E-state index contributed by atoms with van der Waals surface area (Å²) < 4.78 is 0. The van der Waals surface area contributed by atoms with Gasteiger partial charge in [0.1, 0.15) is 0 Å². The molecule has 0 bridgehead atoms. The lowest BCUT2D eigenvalue weighted by Crippen LogP contribution is -2.22. The van der Waals surface area contributed by atoms with E-state index in [1.807, 2.05) is 0 Å². The highest BCUT2D eigenvalue weighted by Crippen LogP contribution is 2.20. The average Bonchev–Trinajstić information content (AvgIpc) is 3.13. The Labute approximate surface area is 98.7 Å². The van der Waals surface area contributed by atoms with Crippen molar-refractivity contribution in [1.29, 1.82) is 0 Å². The fourth-order valence-electron chi connectivity index (χ4n) is 2.00. The standard InChI is InChI=1S/C14H22N2/c1-3-16(4-2)14-7-5-6-12(10-14)11-15-13-8-9-13/h5-7,10,13,15H,3-4,8-9,11H2,1-2H3. The van der Waals surface area contributed by atoms with Gasteiger partial charge in [0.05, 0.1) is 0 Å². The summed E-state index contributed by atoms with van der Waals surface area (Å²) in [4.78, 5) is 2.39. The predicted molar refractivity (Wildman–Crippen MR) is 69.9 cm³/mol. The van der Waals surface area contributed by atoms with Crippen LogP contribution in [-0.2, 0) is 6.54 Å². The molecule has 0 saturated heterocycles. The van der Waals surface area contributed by atoms with Crippen LogP contribution >= 0.6 is 0 Å². The van der Waals surface area contributed by atoms with Crippen molar-refractivity contribution in [3.8, 4) is 0 Å². The number of benzene rings is 1. The van der Waals surface area contributed by atoms with Crippen molar-refractivity contribution >= 4 is 5.69 Å². The summed E-state index contributed by atoms with van der Waals surface area (Å²) in [7, 11) is 0. The highest BCUT2D eigenvalue weighted by Gasteiger charge is 2.19. The third-order valence-electron chi connectivity index (χ3n) is 3.21. The molecule has 0 atom stereocenters. The highest BCUT2D eigenvalue weighted by molar-refractivity contribution is 5.48. The minimum Gasteiger partial charge on any atom is -0.372 e. The second-order valence-corrected chi connectivity index (χ2v) is 4.50. The molecule has 1 aliphatic rings. The van der Waals surface area contributed by atoms with E-state index in [9.17, 15) is 0 Å². The van der Waals surface area contributed by atoms with E-state index in [-0.39, 0.29) is 0 Å². The fourth-order valence-corrected chi connectivity index (χ4v) is 2.00. The Morgan fingerprint density at radius 2 is 2.00 bits per heavy atom. The molecule has 1 aliphatic carbocycles. The summed E-state index contributed by atoms with van der Waals surface area (Å²) in [6.45, 7) is 7.59. The molecule has 0 unspecified atom stereocenters. The summed E-state index contributed by atoms with van der Waals surface area (Å²) in [6, 6.07) is 9.67. The van der Waals surface area contributed by atoms with Crippen LogP contribution in [0.4, 0.5) is 5.69 Å². The van der Waals surface area contributed by atoms with Gasteiger partial charge in [-0.2, -0.15) is 0 Å². The van der Waals surface area contributed by atoms with E-state index in [0.29, 0.717) is 0 Å². The van der Waals surface area contributed by atoms with Crippen LogP contribution in [0.3, 0.4) is 0 Å². The van der Waals surface area contributed by atoms with Gasteiger partial charge in [0.15, 0.2) is 0 Å². The lowest BCUT2D eigenvalue weighted by Gasteiger charge is -2.21. The monoisotopic (exact) mass is 218 g/mol. The topological polar surface area (TPSA) is 15.3 Å². The summed E-state index contributed by atoms with van der Waals surface area (Å²) in [5.41, 5.74) is 2.75. The second kappa shape index (κ2) is 5.35. The summed E-state index contributed by atoms with van der Waals surface area (Å²) >= 11 is 0. The Morgan fingerprint density at radius 3 is 2.62 bits per heavy atom. The molecule has 1 fully saturated rings. The van der Waals surface area contributed by atoms with Gasteiger partial charge in [0.25, 0.3) is 0 Å². The van der Waals surface area contributed by atoms with Crippen LogP contribution < -0.4 is 10.2 Å². The van der Waals surface area contributed by atoms with Crippen LogP contribution in [-0.4, -0.2) is 19.1 Å². The van der Waals surface area contributed by atoms with Crippen LogP contribution in [0, 0.1) is 0 Å². The van der Waals surface area contributed by atoms with Crippen molar-refractivity contribution in [3.05, 3.63) is 29.8 Å². The molecular formula is C14H22N2. The Morgan fingerprint density at radius 1 is 1.25 bits per heavy atom. The smallest absolute Gasteiger partial charge is 0.0369 e. The molecule has 88 valence electrons. The molecule has 2 heteroatoms. The maximum Gasteiger partial charge on any atom is 0.0369 e. The molecule has 2 nitrogen and oxygen atoms in total. The van der Waals surface area contributed by atoms with Gasteiger partial charge in [0.2, 0.25) is 0 Å². The first kappa shape index (κ1) is 11.5. The lowest BCUT2D eigenvalue weighted by atomic mass is 10.2. The number of anilines is 1. The first-order chi connectivity index (χ1) is 7.83. The molecule has 1 aromatic rings. The number of hydrogen-bond donors (Lipinski definition) is 1. The maximum atomic E-state index is 3.56. The molecule has 0 amide bonds. The van der Waals surface area contributed by atoms with Crippen molar-refractivity contribution in [3.63, 3.8) is 0 Å². The average molecular weight is 218 g/mol. The van der Waals surface area contributed by atoms with Crippen LogP contribution in [0.2, 0.25) is 0 Å². The number of nitrogens with zero attached hydrogens (tertiary/aromatic N) is 1. The highest BCUT2D eigenvalue weighted by atomic mass is 15.1. The Bertz CT molecular complexity index is 327. The van der Waals surface area contributed by atoms with Gasteiger partial charge < -0.3 is 10.2 Å². The van der Waals surface area contributed by atoms with Crippen molar-refractivity contribution in [2.75, 3.05) is 18.0 Å². The third-order valence-corrected chi connectivity index (χ3v) is 3.21. The predicted octanol–water partition coefficient (Wildman–Crippen LogP) is 2.78.